The quantitative estimate of drug-likeness (QED) is 0.346. The van der Waals surface area contributed by atoms with Gasteiger partial charge >= 0.3 is 10.4 Å². The van der Waals surface area contributed by atoms with Gasteiger partial charge in [0, 0.05) is 0 Å². The molecule has 0 amide bonds. The maximum atomic E-state index is 11.0. The van der Waals surface area contributed by atoms with Crippen molar-refractivity contribution in [2.45, 2.75) is 91.4 Å². The molecule has 0 N–H and O–H groups in total. The second kappa shape index (κ2) is 14.2. The van der Waals surface area contributed by atoms with Gasteiger partial charge in [-0.2, -0.15) is 8.42 Å². The summed E-state index contributed by atoms with van der Waals surface area (Å²) in [6, 6.07) is 0. The minimum atomic E-state index is -3.77. The van der Waals surface area contributed by atoms with Gasteiger partial charge in [-0.05, 0) is 18.3 Å². The lowest BCUT2D eigenvalue weighted by atomic mass is 9.95. The van der Waals surface area contributed by atoms with Crippen molar-refractivity contribution in [3.05, 3.63) is 0 Å². The van der Waals surface area contributed by atoms with Crippen LogP contribution in [0.5, 0.6) is 0 Å². The molecule has 0 saturated carbocycles. The van der Waals surface area contributed by atoms with E-state index in [1.807, 2.05) is 6.92 Å². The number of hydrogen-bond donors (Lipinski definition) is 0. The fraction of sp³-hybridized carbons (Fsp3) is 1.00. The molecule has 23 heavy (non-hydrogen) atoms. The van der Waals surface area contributed by atoms with Crippen LogP contribution in [-0.2, 0) is 18.8 Å². The first-order chi connectivity index (χ1) is 10.9. The van der Waals surface area contributed by atoms with Crippen molar-refractivity contribution in [3.8, 4) is 0 Å². The molecule has 2 unspecified atom stereocenters. The maximum absolute atomic E-state index is 11.0. The second-order valence-electron chi connectivity index (χ2n) is 6.91. The van der Waals surface area contributed by atoms with E-state index >= 15 is 0 Å². The molecule has 4 nitrogen and oxygen atoms in total. The van der Waals surface area contributed by atoms with Crippen molar-refractivity contribution < 1.29 is 16.8 Å². The van der Waals surface area contributed by atoms with Crippen LogP contribution in [0.2, 0.25) is 0 Å². The third kappa shape index (κ3) is 15.2. The predicted molar refractivity (Wildman–Crippen MR) is 96.7 cm³/mol. The monoisotopic (exact) mass is 350 g/mol. The average molecular weight is 351 g/mol. The molecule has 140 valence electrons. The van der Waals surface area contributed by atoms with E-state index in [0.717, 1.165) is 25.9 Å². The molecule has 0 fully saturated rings. The topological polar surface area (TPSA) is 52.6 Å². The molecule has 0 saturated heterocycles. The standard InChI is InChI=1S/C18H38O4S/c1-5-6-7-10-13-17(2)14-11-8-9-12-15-18(3)16-22-23(19,20)21-4/h17-18H,5-16H2,1-4H3. The van der Waals surface area contributed by atoms with Gasteiger partial charge in [0.15, 0.2) is 0 Å². The second-order valence-corrected chi connectivity index (χ2v) is 8.30. The molecule has 0 radical (unpaired) electrons. The summed E-state index contributed by atoms with van der Waals surface area (Å²) in [5.74, 6) is 1.11. The zero-order chi connectivity index (χ0) is 17.6. The highest BCUT2D eigenvalue weighted by Crippen LogP contribution is 2.18. The largest absolute Gasteiger partial charge is 0.399 e. The van der Waals surface area contributed by atoms with E-state index in [9.17, 15) is 8.42 Å². The summed E-state index contributed by atoms with van der Waals surface area (Å²) >= 11 is 0. The van der Waals surface area contributed by atoms with Crippen molar-refractivity contribution in [3.63, 3.8) is 0 Å². The molecule has 0 aliphatic heterocycles. The number of rotatable bonds is 16. The van der Waals surface area contributed by atoms with Gasteiger partial charge in [-0.3, -0.25) is 4.18 Å². The molecule has 0 bridgehead atoms. The molecule has 0 aromatic heterocycles. The summed E-state index contributed by atoms with van der Waals surface area (Å²) in [5, 5.41) is 0. The van der Waals surface area contributed by atoms with Gasteiger partial charge in [-0.15, -0.1) is 0 Å². The van der Waals surface area contributed by atoms with Crippen LogP contribution >= 0.6 is 0 Å². The molecule has 0 aromatic rings. The van der Waals surface area contributed by atoms with E-state index in [4.69, 9.17) is 4.18 Å². The van der Waals surface area contributed by atoms with Crippen LogP contribution in [0.1, 0.15) is 91.4 Å². The summed E-state index contributed by atoms with van der Waals surface area (Å²) in [7, 11) is -2.66. The molecule has 0 heterocycles. The molecule has 0 spiro atoms. The Morgan fingerprint density at radius 2 is 1.26 bits per heavy atom. The van der Waals surface area contributed by atoms with Gasteiger partial charge < -0.3 is 0 Å². The van der Waals surface area contributed by atoms with Crippen LogP contribution in [0.15, 0.2) is 0 Å². The fourth-order valence-electron chi connectivity index (χ4n) is 2.73. The first-order valence-electron chi connectivity index (χ1n) is 9.36. The van der Waals surface area contributed by atoms with E-state index in [1.165, 1.54) is 57.8 Å². The van der Waals surface area contributed by atoms with E-state index in [2.05, 4.69) is 18.0 Å². The smallest absolute Gasteiger partial charge is 0.252 e. The Labute approximate surface area is 144 Å². The molecule has 2 atom stereocenters. The van der Waals surface area contributed by atoms with Gasteiger partial charge in [0.25, 0.3) is 0 Å². The maximum Gasteiger partial charge on any atom is 0.399 e. The van der Waals surface area contributed by atoms with Gasteiger partial charge in [-0.25, -0.2) is 4.18 Å². The van der Waals surface area contributed by atoms with E-state index in [-0.39, 0.29) is 12.5 Å². The highest BCUT2D eigenvalue weighted by molar-refractivity contribution is 7.81. The predicted octanol–water partition coefficient (Wildman–Crippen LogP) is 5.48. The Morgan fingerprint density at radius 1 is 0.783 bits per heavy atom. The first-order valence-corrected chi connectivity index (χ1v) is 10.7. The van der Waals surface area contributed by atoms with Crippen LogP contribution in [0.4, 0.5) is 0 Å². The lowest BCUT2D eigenvalue weighted by molar-refractivity contribution is 0.207. The Bertz CT molecular complexity index is 354. The highest BCUT2D eigenvalue weighted by Gasteiger charge is 2.11. The van der Waals surface area contributed by atoms with Gasteiger partial charge in [0.05, 0.1) is 13.7 Å². The lowest BCUT2D eigenvalue weighted by Gasteiger charge is -2.12. The zero-order valence-electron chi connectivity index (χ0n) is 15.7. The summed E-state index contributed by atoms with van der Waals surface area (Å²) in [5.41, 5.74) is 0. The summed E-state index contributed by atoms with van der Waals surface area (Å²) in [6.45, 7) is 6.86. The fourth-order valence-corrected chi connectivity index (χ4v) is 3.23. The third-order valence-corrected chi connectivity index (χ3v) is 5.23. The Kier molecular flexibility index (Phi) is 14.2. The van der Waals surface area contributed by atoms with Crippen molar-refractivity contribution in [1.29, 1.82) is 0 Å². The van der Waals surface area contributed by atoms with Gasteiger partial charge in [0.1, 0.15) is 0 Å². The van der Waals surface area contributed by atoms with Crippen LogP contribution in [0, 0.1) is 11.8 Å². The van der Waals surface area contributed by atoms with E-state index in [1.54, 1.807) is 0 Å². The Hall–Kier alpha value is -0.130. The van der Waals surface area contributed by atoms with E-state index in [0.29, 0.717) is 0 Å². The number of unbranched alkanes of at least 4 members (excludes halogenated alkanes) is 6. The van der Waals surface area contributed by atoms with Crippen LogP contribution < -0.4 is 0 Å². The molecule has 0 aromatic carbocycles. The molecule has 0 aliphatic rings. The third-order valence-electron chi connectivity index (χ3n) is 4.40. The molecule has 0 aliphatic carbocycles. The highest BCUT2D eigenvalue weighted by atomic mass is 32.3. The Morgan fingerprint density at radius 3 is 1.74 bits per heavy atom. The zero-order valence-corrected chi connectivity index (χ0v) is 16.5. The molecular formula is C18H38O4S. The average Bonchev–Trinajstić information content (AvgIpc) is 2.53. The minimum Gasteiger partial charge on any atom is -0.252 e. The summed E-state index contributed by atoms with van der Waals surface area (Å²) in [4.78, 5) is 0. The van der Waals surface area contributed by atoms with Crippen LogP contribution in [-0.4, -0.2) is 22.1 Å². The van der Waals surface area contributed by atoms with Gasteiger partial charge in [0.2, 0.25) is 0 Å². The minimum absolute atomic E-state index is 0.213. The molecule has 5 heteroatoms. The lowest BCUT2D eigenvalue weighted by Crippen LogP contribution is -2.13. The van der Waals surface area contributed by atoms with Crippen molar-refractivity contribution in [1.82, 2.24) is 0 Å². The molecule has 0 rings (SSSR count). The van der Waals surface area contributed by atoms with Crippen molar-refractivity contribution in [2.75, 3.05) is 13.7 Å². The van der Waals surface area contributed by atoms with E-state index < -0.39 is 10.4 Å². The van der Waals surface area contributed by atoms with Crippen LogP contribution in [0.25, 0.3) is 0 Å². The first kappa shape index (κ1) is 22.9. The SMILES string of the molecule is CCCCCCC(C)CCCCCCC(C)COS(=O)(=O)OC. The Balaban J connectivity index is 3.44. The molecular weight excluding hydrogens is 312 g/mol. The van der Waals surface area contributed by atoms with Crippen molar-refractivity contribution in [2.24, 2.45) is 11.8 Å². The summed E-state index contributed by atoms with van der Waals surface area (Å²) in [6.07, 6.45) is 14.2. The van der Waals surface area contributed by atoms with Crippen molar-refractivity contribution >= 4 is 10.4 Å². The summed E-state index contributed by atoms with van der Waals surface area (Å²) < 4.78 is 31.1. The number of hydrogen-bond acceptors (Lipinski definition) is 4. The van der Waals surface area contributed by atoms with Gasteiger partial charge in [-0.1, -0.05) is 85.0 Å². The normalized spacial score (nSPS) is 14.8. The van der Waals surface area contributed by atoms with Crippen LogP contribution in [0.3, 0.4) is 0 Å².